The average Bonchev–Trinajstić information content (AvgIpc) is 3.14. The standard InChI is InChI=1S/C21H12FN3O3/c1-12-15(11-23)19-20(18(22)17(12)13-7-3-2-4-8-13)28-21(24-19)14-9-5-6-10-16(14)25(26)27/h2-10H,1H3. The van der Waals surface area contributed by atoms with Gasteiger partial charge in [-0.15, -0.1) is 0 Å². The van der Waals surface area contributed by atoms with E-state index in [0.29, 0.717) is 11.1 Å². The molecule has 0 N–H and O–H groups in total. The largest absolute Gasteiger partial charge is 0.433 e. The minimum Gasteiger partial charge on any atom is -0.433 e. The number of aromatic nitrogens is 1. The van der Waals surface area contributed by atoms with E-state index < -0.39 is 10.7 Å². The quantitative estimate of drug-likeness (QED) is 0.354. The molecule has 0 bridgehead atoms. The lowest BCUT2D eigenvalue weighted by Crippen LogP contribution is -1.95. The summed E-state index contributed by atoms with van der Waals surface area (Å²) in [4.78, 5) is 15.0. The highest BCUT2D eigenvalue weighted by Gasteiger charge is 2.26. The number of benzene rings is 3. The molecule has 0 aliphatic carbocycles. The van der Waals surface area contributed by atoms with Crippen LogP contribution in [-0.2, 0) is 0 Å². The van der Waals surface area contributed by atoms with Crippen molar-refractivity contribution in [1.82, 2.24) is 4.98 Å². The Morgan fingerprint density at radius 3 is 2.50 bits per heavy atom. The van der Waals surface area contributed by atoms with Gasteiger partial charge in [0.25, 0.3) is 5.69 Å². The zero-order chi connectivity index (χ0) is 19.8. The Balaban J connectivity index is 2.05. The number of nitro benzene ring substituents is 1. The molecule has 0 unspecified atom stereocenters. The van der Waals surface area contributed by atoms with Gasteiger partial charge in [0.05, 0.1) is 10.5 Å². The van der Waals surface area contributed by atoms with E-state index in [9.17, 15) is 15.4 Å². The Kier molecular flexibility index (Phi) is 4.09. The highest BCUT2D eigenvalue weighted by Crippen LogP contribution is 2.38. The van der Waals surface area contributed by atoms with Gasteiger partial charge in [-0.05, 0) is 24.1 Å². The first-order chi connectivity index (χ1) is 13.5. The molecule has 0 radical (unpaired) electrons. The number of oxazole rings is 1. The zero-order valence-corrected chi connectivity index (χ0v) is 14.6. The summed E-state index contributed by atoms with van der Waals surface area (Å²) in [7, 11) is 0. The van der Waals surface area contributed by atoms with Crippen LogP contribution in [0.1, 0.15) is 11.1 Å². The maximum absolute atomic E-state index is 15.3. The molecule has 6 nitrogen and oxygen atoms in total. The summed E-state index contributed by atoms with van der Waals surface area (Å²) >= 11 is 0. The van der Waals surface area contributed by atoms with Gasteiger partial charge in [0.1, 0.15) is 17.1 Å². The van der Waals surface area contributed by atoms with Crippen molar-refractivity contribution in [3.05, 3.63) is 81.7 Å². The van der Waals surface area contributed by atoms with Crippen molar-refractivity contribution in [2.24, 2.45) is 0 Å². The normalized spacial score (nSPS) is 10.8. The van der Waals surface area contributed by atoms with Crippen LogP contribution in [0.25, 0.3) is 33.7 Å². The molecule has 3 aromatic carbocycles. The zero-order valence-electron chi connectivity index (χ0n) is 14.6. The first-order valence-corrected chi connectivity index (χ1v) is 8.34. The molecule has 28 heavy (non-hydrogen) atoms. The predicted octanol–water partition coefficient (Wildman–Crippen LogP) is 5.39. The van der Waals surface area contributed by atoms with E-state index in [1.54, 1.807) is 37.3 Å². The second kappa shape index (κ2) is 6.59. The first kappa shape index (κ1) is 17.4. The SMILES string of the molecule is Cc1c(-c2ccccc2)c(F)c2oc(-c3ccccc3[N+](=O)[O-])nc2c1C#N. The smallest absolute Gasteiger partial charge is 0.282 e. The highest BCUT2D eigenvalue weighted by molar-refractivity contribution is 5.91. The first-order valence-electron chi connectivity index (χ1n) is 8.34. The number of hydrogen-bond acceptors (Lipinski definition) is 5. The van der Waals surface area contributed by atoms with Crippen molar-refractivity contribution in [3.8, 4) is 28.7 Å². The van der Waals surface area contributed by atoms with Gasteiger partial charge >= 0.3 is 0 Å². The molecule has 4 aromatic rings. The van der Waals surface area contributed by atoms with Crippen molar-refractivity contribution >= 4 is 16.8 Å². The van der Waals surface area contributed by atoms with E-state index in [1.807, 2.05) is 6.07 Å². The monoisotopic (exact) mass is 373 g/mol. The molecule has 0 saturated heterocycles. The molecule has 1 heterocycles. The molecule has 7 heteroatoms. The topological polar surface area (TPSA) is 93.0 Å². The Morgan fingerprint density at radius 2 is 1.82 bits per heavy atom. The summed E-state index contributed by atoms with van der Waals surface area (Å²) in [6.07, 6.45) is 0. The van der Waals surface area contributed by atoms with Crippen molar-refractivity contribution in [3.63, 3.8) is 0 Å². The molecule has 0 amide bonds. The summed E-state index contributed by atoms with van der Waals surface area (Å²) in [5.74, 6) is -0.766. The summed E-state index contributed by atoms with van der Waals surface area (Å²) < 4.78 is 20.9. The van der Waals surface area contributed by atoms with Gasteiger partial charge in [0.15, 0.2) is 11.4 Å². The summed E-state index contributed by atoms with van der Waals surface area (Å²) in [6, 6.07) is 16.8. The lowest BCUT2D eigenvalue weighted by Gasteiger charge is -2.09. The van der Waals surface area contributed by atoms with Gasteiger partial charge in [0, 0.05) is 11.6 Å². The van der Waals surface area contributed by atoms with Gasteiger partial charge < -0.3 is 4.42 Å². The fourth-order valence-corrected chi connectivity index (χ4v) is 3.23. The number of hydrogen-bond donors (Lipinski definition) is 0. The third-order valence-corrected chi connectivity index (χ3v) is 4.54. The predicted molar refractivity (Wildman–Crippen MR) is 101 cm³/mol. The van der Waals surface area contributed by atoms with Gasteiger partial charge in [-0.1, -0.05) is 42.5 Å². The second-order valence-corrected chi connectivity index (χ2v) is 6.14. The van der Waals surface area contributed by atoms with E-state index in [2.05, 4.69) is 11.1 Å². The molecular weight excluding hydrogens is 361 g/mol. The van der Waals surface area contributed by atoms with Gasteiger partial charge in [0.2, 0.25) is 5.89 Å². The number of rotatable bonds is 3. The van der Waals surface area contributed by atoms with Crippen molar-refractivity contribution < 1.29 is 13.7 Å². The Hall–Kier alpha value is -4.05. The van der Waals surface area contributed by atoms with Gasteiger partial charge in [-0.2, -0.15) is 5.26 Å². The Bertz CT molecular complexity index is 1270. The minimum atomic E-state index is -0.657. The summed E-state index contributed by atoms with van der Waals surface area (Å²) in [6.45, 7) is 1.64. The van der Waals surface area contributed by atoms with Crippen molar-refractivity contribution in [2.75, 3.05) is 0 Å². The van der Waals surface area contributed by atoms with Gasteiger partial charge in [-0.3, -0.25) is 10.1 Å². The van der Waals surface area contributed by atoms with E-state index in [0.717, 1.165) is 0 Å². The number of fused-ring (bicyclic) bond motifs is 1. The summed E-state index contributed by atoms with van der Waals surface area (Å²) in [5, 5.41) is 20.9. The minimum absolute atomic E-state index is 0.0466. The van der Waals surface area contributed by atoms with Crippen LogP contribution >= 0.6 is 0 Å². The molecule has 0 aliphatic rings. The molecule has 1 aromatic heterocycles. The van der Waals surface area contributed by atoms with Crippen LogP contribution < -0.4 is 0 Å². The molecule has 0 aliphatic heterocycles. The molecule has 0 spiro atoms. The van der Waals surface area contributed by atoms with Crippen LogP contribution in [0.4, 0.5) is 10.1 Å². The lowest BCUT2D eigenvalue weighted by molar-refractivity contribution is -0.384. The third-order valence-electron chi connectivity index (χ3n) is 4.54. The van der Waals surface area contributed by atoms with Gasteiger partial charge in [-0.25, -0.2) is 9.37 Å². The number of nitro groups is 1. The second-order valence-electron chi connectivity index (χ2n) is 6.14. The maximum atomic E-state index is 15.3. The number of halogens is 1. The number of nitriles is 1. The highest BCUT2D eigenvalue weighted by atomic mass is 19.1. The number of para-hydroxylation sites is 1. The summed E-state index contributed by atoms with van der Waals surface area (Å²) in [5.41, 5.74) is 1.19. The van der Waals surface area contributed by atoms with Crippen LogP contribution in [0.3, 0.4) is 0 Å². The van der Waals surface area contributed by atoms with E-state index in [-0.39, 0.29) is 39.4 Å². The maximum Gasteiger partial charge on any atom is 0.282 e. The molecule has 0 fully saturated rings. The van der Waals surface area contributed by atoms with Crippen LogP contribution in [0.15, 0.2) is 59.0 Å². The van der Waals surface area contributed by atoms with E-state index >= 15 is 4.39 Å². The van der Waals surface area contributed by atoms with E-state index in [4.69, 9.17) is 4.42 Å². The van der Waals surface area contributed by atoms with Crippen LogP contribution in [-0.4, -0.2) is 9.91 Å². The van der Waals surface area contributed by atoms with Crippen molar-refractivity contribution in [2.45, 2.75) is 6.92 Å². The van der Waals surface area contributed by atoms with Crippen LogP contribution in [0.2, 0.25) is 0 Å². The lowest BCUT2D eigenvalue weighted by atomic mass is 9.95. The molecule has 0 atom stereocenters. The molecular formula is C21H12FN3O3. The van der Waals surface area contributed by atoms with Crippen LogP contribution in [0.5, 0.6) is 0 Å². The Labute approximate surface area is 158 Å². The molecule has 4 rings (SSSR count). The third kappa shape index (κ3) is 2.59. The van der Waals surface area contributed by atoms with Crippen LogP contribution in [0, 0.1) is 34.2 Å². The average molecular weight is 373 g/mol. The van der Waals surface area contributed by atoms with Crippen molar-refractivity contribution in [1.29, 1.82) is 5.26 Å². The molecule has 0 saturated carbocycles. The molecule has 136 valence electrons. The number of nitrogens with zero attached hydrogens (tertiary/aromatic N) is 3. The fourth-order valence-electron chi connectivity index (χ4n) is 3.23. The fraction of sp³-hybridized carbons (Fsp3) is 0.0476. The van der Waals surface area contributed by atoms with E-state index in [1.165, 1.54) is 18.2 Å². The Morgan fingerprint density at radius 1 is 1.14 bits per heavy atom.